The number of benzene rings is 2. The highest BCUT2D eigenvalue weighted by atomic mass is 16.5. The first kappa shape index (κ1) is 15.8. The summed E-state index contributed by atoms with van der Waals surface area (Å²) in [6.07, 6.45) is 3.90. The van der Waals surface area contributed by atoms with Crippen molar-refractivity contribution >= 4 is 16.9 Å². The van der Waals surface area contributed by atoms with Crippen LogP contribution in [0.2, 0.25) is 0 Å². The molecule has 0 N–H and O–H groups in total. The Balaban J connectivity index is 1.53. The topological polar surface area (TPSA) is 47.4 Å². The summed E-state index contributed by atoms with van der Waals surface area (Å²) >= 11 is 0. The van der Waals surface area contributed by atoms with Gasteiger partial charge in [-0.2, -0.15) is 0 Å². The molecule has 1 aromatic heterocycles. The number of imidazole rings is 1. The van der Waals surface area contributed by atoms with Gasteiger partial charge in [0.15, 0.2) is 0 Å². The van der Waals surface area contributed by atoms with Crippen LogP contribution in [0, 0.1) is 0 Å². The van der Waals surface area contributed by atoms with Crippen molar-refractivity contribution < 1.29 is 9.53 Å². The fourth-order valence-corrected chi connectivity index (χ4v) is 3.41. The van der Waals surface area contributed by atoms with Crippen LogP contribution in [0.1, 0.15) is 23.2 Å². The number of carbonyl (C=O) groups is 1. The van der Waals surface area contributed by atoms with Crippen LogP contribution in [-0.2, 0) is 4.74 Å². The van der Waals surface area contributed by atoms with Crippen molar-refractivity contribution in [3.63, 3.8) is 0 Å². The minimum absolute atomic E-state index is 0.0941. The maximum atomic E-state index is 12.7. The molecular weight excluding hydrogens is 314 g/mol. The Kier molecular flexibility index (Phi) is 4.24. The van der Waals surface area contributed by atoms with Crippen LogP contribution < -0.4 is 0 Å². The van der Waals surface area contributed by atoms with Crippen molar-refractivity contribution in [2.45, 2.75) is 18.9 Å². The van der Waals surface area contributed by atoms with E-state index in [-0.39, 0.29) is 12.0 Å². The van der Waals surface area contributed by atoms with Gasteiger partial charge in [-0.25, -0.2) is 4.98 Å². The molecule has 3 aromatic rings. The van der Waals surface area contributed by atoms with Gasteiger partial charge in [0.05, 0.1) is 17.1 Å². The number of carbonyl (C=O) groups excluding carboxylic acids is 1. The molecule has 0 atom stereocenters. The van der Waals surface area contributed by atoms with Crippen molar-refractivity contribution in [3.05, 3.63) is 60.4 Å². The van der Waals surface area contributed by atoms with Crippen molar-refractivity contribution in [3.8, 4) is 5.69 Å². The standard InChI is InChI=1S/C20H21N3O2/c1-25-17-10-12-22(13-11-17)20(24)15-6-8-16(9-7-15)23-14-21-18-4-2-3-5-19(18)23/h2-9,14,17H,10-13H2,1H3. The Labute approximate surface area is 146 Å². The van der Waals surface area contributed by atoms with Crippen LogP contribution in [0.3, 0.4) is 0 Å². The summed E-state index contributed by atoms with van der Waals surface area (Å²) in [5.74, 6) is 0.0941. The average Bonchev–Trinajstić information content (AvgIpc) is 3.12. The molecule has 5 heteroatoms. The van der Waals surface area contributed by atoms with Crippen LogP contribution in [0.5, 0.6) is 0 Å². The maximum absolute atomic E-state index is 12.7. The summed E-state index contributed by atoms with van der Waals surface area (Å²) in [6.45, 7) is 1.51. The van der Waals surface area contributed by atoms with Gasteiger partial charge in [0.25, 0.3) is 5.91 Å². The smallest absolute Gasteiger partial charge is 0.253 e. The van der Waals surface area contributed by atoms with Crippen molar-refractivity contribution in [2.75, 3.05) is 20.2 Å². The maximum Gasteiger partial charge on any atom is 0.253 e. The monoisotopic (exact) mass is 335 g/mol. The number of methoxy groups -OCH3 is 1. The van der Waals surface area contributed by atoms with Crippen LogP contribution in [0.15, 0.2) is 54.9 Å². The van der Waals surface area contributed by atoms with E-state index in [1.807, 2.05) is 64.3 Å². The van der Waals surface area contributed by atoms with Crippen LogP contribution in [-0.4, -0.2) is 46.7 Å². The molecular formula is C20H21N3O2. The third-order valence-corrected chi connectivity index (χ3v) is 4.91. The normalized spacial score (nSPS) is 15.6. The van der Waals surface area contributed by atoms with Crippen molar-refractivity contribution in [1.82, 2.24) is 14.5 Å². The molecule has 0 bridgehead atoms. The van der Waals surface area contributed by atoms with Gasteiger partial charge >= 0.3 is 0 Å². The van der Waals surface area contributed by atoms with Crippen LogP contribution >= 0.6 is 0 Å². The molecule has 1 fully saturated rings. The number of fused-ring (bicyclic) bond motifs is 1. The minimum atomic E-state index is 0.0941. The summed E-state index contributed by atoms with van der Waals surface area (Å²) < 4.78 is 7.41. The molecule has 0 radical (unpaired) electrons. The van der Waals surface area contributed by atoms with E-state index in [9.17, 15) is 4.79 Å². The molecule has 1 aliphatic heterocycles. The Morgan fingerprint density at radius 1 is 1.08 bits per heavy atom. The fraction of sp³-hybridized carbons (Fsp3) is 0.300. The lowest BCUT2D eigenvalue weighted by Gasteiger charge is -2.31. The van der Waals surface area contributed by atoms with E-state index in [2.05, 4.69) is 4.98 Å². The Hall–Kier alpha value is -2.66. The molecule has 1 saturated heterocycles. The lowest BCUT2D eigenvalue weighted by atomic mass is 10.1. The van der Waals surface area contributed by atoms with E-state index >= 15 is 0 Å². The summed E-state index contributed by atoms with van der Waals surface area (Å²) in [6, 6.07) is 15.8. The van der Waals surface area contributed by atoms with E-state index in [4.69, 9.17) is 4.74 Å². The third kappa shape index (κ3) is 3.03. The summed E-state index contributed by atoms with van der Waals surface area (Å²) in [7, 11) is 1.74. The van der Waals surface area contributed by atoms with E-state index in [0.717, 1.165) is 48.2 Å². The molecule has 25 heavy (non-hydrogen) atoms. The van der Waals surface area contributed by atoms with E-state index in [1.165, 1.54) is 0 Å². The van der Waals surface area contributed by atoms with Crippen LogP contribution in [0.25, 0.3) is 16.7 Å². The molecule has 0 unspecified atom stereocenters. The number of amides is 1. The van der Waals surface area contributed by atoms with E-state index < -0.39 is 0 Å². The first-order valence-corrected chi connectivity index (χ1v) is 8.61. The molecule has 1 aliphatic rings. The Bertz CT molecular complexity index is 877. The number of hydrogen-bond acceptors (Lipinski definition) is 3. The van der Waals surface area contributed by atoms with Gasteiger partial charge in [0.2, 0.25) is 0 Å². The van der Waals surface area contributed by atoms with Gasteiger partial charge in [-0.3, -0.25) is 9.36 Å². The second-order valence-electron chi connectivity index (χ2n) is 6.38. The zero-order chi connectivity index (χ0) is 17.2. The fourth-order valence-electron chi connectivity index (χ4n) is 3.41. The summed E-state index contributed by atoms with van der Waals surface area (Å²) in [5.41, 5.74) is 3.75. The lowest BCUT2D eigenvalue weighted by Crippen LogP contribution is -2.40. The van der Waals surface area contributed by atoms with Gasteiger partial charge in [0, 0.05) is 31.5 Å². The van der Waals surface area contributed by atoms with E-state index in [1.54, 1.807) is 7.11 Å². The number of para-hydroxylation sites is 2. The number of nitrogens with zero attached hydrogens (tertiary/aromatic N) is 3. The molecule has 0 spiro atoms. The van der Waals surface area contributed by atoms with Gasteiger partial charge < -0.3 is 9.64 Å². The number of aromatic nitrogens is 2. The van der Waals surface area contributed by atoms with Crippen LogP contribution in [0.4, 0.5) is 0 Å². The second-order valence-corrected chi connectivity index (χ2v) is 6.38. The predicted molar refractivity (Wildman–Crippen MR) is 97.0 cm³/mol. The molecule has 0 aliphatic carbocycles. The highest BCUT2D eigenvalue weighted by molar-refractivity contribution is 5.94. The lowest BCUT2D eigenvalue weighted by molar-refractivity contribution is 0.0351. The Morgan fingerprint density at radius 2 is 1.80 bits per heavy atom. The van der Waals surface area contributed by atoms with Gasteiger partial charge in [-0.05, 0) is 49.2 Å². The first-order chi connectivity index (χ1) is 12.3. The molecule has 1 amide bonds. The first-order valence-electron chi connectivity index (χ1n) is 8.61. The summed E-state index contributed by atoms with van der Waals surface area (Å²) in [4.78, 5) is 19.0. The number of likely N-dealkylation sites (tertiary alicyclic amines) is 1. The van der Waals surface area contributed by atoms with Gasteiger partial charge in [-0.15, -0.1) is 0 Å². The number of hydrogen-bond donors (Lipinski definition) is 0. The van der Waals surface area contributed by atoms with Crippen molar-refractivity contribution in [1.29, 1.82) is 0 Å². The quantitative estimate of drug-likeness (QED) is 0.738. The minimum Gasteiger partial charge on any atom is -0.381 e. The largest absolute Gasteiger partial charge is 0.381 e. The predicted octanol–water partition coefficient (Wildman–Crippen LogP) is 3.28. The number of ether oxygens (including phenoxy) is 1. The number of rotatable bonds is 3. The third-order valence-electron chi connectivity index (χ3n) is 4.91. The molecule has 5 nitrogen and oxygen atoms in total. The molecule has 0 saturated carbocycles. The zero-order valence-corrected chi connectivity index (χ0v) is 14.3. The highest BCUT2D eigenvalue weighted by Gasteiger charge is 2.23. The average molecular weight is 335 g/mol. The molecule has 128 valence electrons. The molecule has 4 rings (SSSR count). The molecule has 2 aromatic carbocycles. The highest BCUT2D eigenvalue weighted by Crippen LogP contribution is 2.20. The second kappa shape index (κ2) is 6.69. The van der Waals surface area contributed by atoms with Gasteiger partial charge in [0.1, 0.15) is 6.33 Å². The van der Waals surface area contributed by atoms with E-state index in [0.29, 0.717) is 0 Å². The zero-order valence-electron chi connectivity index (χ0n) is 14.3. The SMILES string of the molecule is COC1CCN(C(=O)c2ccc(-n3cnc4ccccc43)cc2)CC1. The Morgan fingerprint density at radius 3 is 2.52 bits per heavy atom. The number of piperidine rings is 1. The molecule has 2 heterocycles. The van der Waals surface area contributed by atoms with Gasteiger partial charge in [-0.1, -0.05) is 12.1 Å². The summed E-state index contributed by atoms with van der Waals surface area (Å²) in [5, 5.41) is 0. The van der Waals surface area contributed by atoms with Crippen molar-refractivity contribution in [2.24, 2.45) is 0 Å².